The monoisotopic (exact) mass is 273 g/mol. The highest BCUT2D eigenvalue weighted by Crippen LogP contribution is 2.25. The Labute approximate surface area is 107 Å². The summed E-state index contributed by atoms with van der Waals surface area (Å²) < 4.78 is 31.9. The molecule has 0 saturated heterocycles. The summed E-state index contributed by atoms with van der Waals surface area (Å²) in [4.78, 5) is 0. The van der Waals surface area contributed by atoms with Crippen molar-refractivity contribution in [2.45, 2.75) is 50.3 Å². The average Bonchev–Trinajstić information content (AvgIpc) is 2.81. The molecule has 1 saturated carbocycles. The van der Waals surface area contributed by atoms with E-state index in [0.29, 0.717) is 5.92 Å². The molecule has 1 aliphatic carbocycles. The van der Waals surface area contributed by atoms with Crippen molar-refractivity contribution in [2.75, 3.05) is 0 Å². The summed E-state index contributed by atoms with van der Waals surface area (Å²) in [5, 5.41) is 8.75. The number of sulfonamides is 1. The van der Waals surface area contributed by atoms with Gasteiger partial charge in [-0.1, -0.05) is 19.8 Å². The van der Waals surface area contributed by atoms with Gasteiger partial charge in [-0.2, -0.15) is 0 Å². The molecule has 6 heteroatoms. The SMILES string of the molecule is CC1CCCCC1NS(=O)(=O)c1ccc(CO)o1. The Hall–Kier alpha value is -0.850. The lowest BCUT2D eigenvalue weighted by atomic mass is 9.87. The van der Waals surface area contributed by atoms with Crippen LogP contribution in [0.25, 0.3) is 0 Å². The number of rotatable bonds is 4. The minimum atomic E-state index is -3.61. The van der Waals surface area contributed by atoms with Crippen LogP contribution >= 0.6 is 0 Å². The van der Waals surface area contributed by atoms with Crippen molar-refractivity contribution >= 4 is 10.0 Å². The maximum Gasteiger partial charge on any atom is 0.274 e. The highest BCUT2D eigenvalue weighted by atomic mass is 32.2. The van der Waals surface area contributed by atoms with Gasteiger partial charge in [0.1, 0.15) is 12.4 Å². The number of furan rings is 1. The summed E-state index contributed by atoms with van der Waals surface area (Å²) >= 11 is 0. The Balaban J connectivity index is 2.11. The van der Waals surface area contributed by atoms with E-state index in [2.05, 4.69) is 11.6 Å². The molecule has 0 bridgehead atoms. The van der Waals surface area contributed by atoms with Gasteiger partial charge in [0, 0.05) is 6.04 Å². The van der Waals surface area contributed by atoms with Crippen LogP contribution in [-0.4, -0.2) is 19.6 Å². The Morgan fingerprint density at radius 1 is 1.39 bits per heavy atom. The van der Waals surface area contributed by atoms with Gasteiger partial charge < -0.3 is 9.52 Å². The standard InChI is InChI=1S/C12H19NO4S/c1-9-4-2-3-5-11(9)13-18(15,16)12-7-6-10(8-14)17-12/h6-7,9,11,13-14H,2-5,8H2,1H3. The fourth-order valence-corrected chi connectivity index (χ4v) is 3.67. The van der Waals surface area contributed by atoms with Crippen molar-refractivity contribution in [1.29, 1.82) is 0 Å². The Morgan fingerprint density at radius 3 is 2.72 bits per heavy atom. The third-order valence-corrected chi connectivity index (χ3v) is 4.84. The van der Waals surface area contributed by atoms with Crippen LogP contribution in [0, 0.1) is 5.92 Å². The molecule has 2 rings (SSSR count). The van der Waals surface area contributed by atoms with Gasteiger partial charge >= 0.3 is 0 Å². The van der Waals surface area contributed by atoms with Crippen molar-refractivity contribution in [1.82, 2.24) is 4.72 Å². The van der Waals surface area contributed by atoms with Crippen LogP contribution in [0.3, 0.4) is 0 Å². The topological polar surface area (TPSA) is 79.5 Å². The summed E-state index contributed by atoms with van der Waals surface area (Å²) in [5.41, 5.74) is 0. The second-order valence-corrected chi connectivity index (χ2v) is 6.51. The van der Waals surface area contributed by atoms with Crippen LogP contribution in [-0.2, 0) is 16.6 Å². The van der Waals surface area contributed by atoms with Crippen molar-refractivity contribution in [3.05, 3.63) is 17.9 Å². The Kier molecular flexibility index (Phi) is 4.09. The summed E-state index contributed by atoms with van der Waals surface area (Å²) in [7, 11) is -3.61. The molecule has 0 spiro atoms. The quantitative estimate of drug-likeness (QED) is 0.873. The number of aliphatic hydroxyl groups is 1. The van der Waals surface area contributed by atoms with Crippen molar-refractivity contribution in [3.63, 3.8) is 0 Å². The second kappa shape index (κ2) is 5.42. The maximum atomic E-state index is 12.1. The molecule has 1 aromatic heterocycles. The summed E-state index contributed by atoms with van der Waals surface area (Å²) in [6, 6.07) is 2.83. The molecule has 0 aromatic carbocycles. The lowest BCUT2D eigenvalue weighted by Gasteiger charge is -2.28. The molecule has 0 amide bonds. The first-order valence-corrected chi connectivity index (χ1v) is 7.73. The summed E-state index contributed by atoms with van der Waals surface area (Å²) in [6.45, 7) is 1.77. The molecule has 2 N–H and O–H groups in total. The van der Waals surface area contributed by atoms with Crippen LogP contribution in [0.5, 0.6) is 0 Å². The molecule has 18 heavy (non-hydrogen) atoms. The average molecular weight is 273 g/mol. The van der Waals surface area contributed by atoms with Gasteiger partial charge in [0.2, 0.25) is 5.09 Å². The van der Waals surface area contributed by atoms with Gasteiger partial charge in [0.05, 0.1) is 0 Å². The minimum Gasteiger partial charge on any atom is -0.446 e. The molecular weight excluding hydrogens is 254 g/mol. The Bertz CT molecular complexity index is 494. The van der Waals surface area contributed by atoms with Crippen molar-refractivity contribution in [2.24, 2.45) is 5.92 Å². The van der Waals surface area contributed by atoms with Crippen LogP contribution in [0.1, 0.15) is 38.4 Å². The minimum absolute atomic E-state index is 0.0218. The van der Waals surface area contributed by atoms with E-state index in [1.54, 1.807) is 0 Å². The van der Waals surface area contributed by atoms with E-state index < -0.39 is 10.0 Å². The van der Waals surface area contributed by atoms with Crippen LogP contribution in [0.2, 0.25) is 0 Å². The highest BCUT2D eigenvalue weighted by Gasteiger charge is 2.28. The third-order valence-electron chi connectivity index (χ3n) is 3.48. The number of aliphatic hydroxyl groups excluding tert-OH is 1. The Morgan fingerprint density at radius 2 is 2.11 bits per heavy atom. The van der Waals surface area contributed by atoms with Gasteiger partial charge in [0.25, 0.3) is 10.0 Å². The molecule has 5 nitrogen and oxygen atoms in total. The van der Waals surface area contributed by atoms with Crippen LogP contribution < -0.4 is 4.72 Å². The van der Waals surface area contributed by atoms with E-state index >= 15 is 0 Å². The maximum absolute atomic E-state index is 12.1. The predicted octanol–water partition coefficient (Wildman–Crippen LogP) is 1.63. The fourth-order valence-electron chi connectivity index (χ4n) is 2.34. The number of nitrogens with one attached hydrogen (secondary N) is 1. The summed E-state index contributed by atoms with van der Waals surface area (Å²) in [5.74, 6) is 0.605. The molecular formula is C12H19NO4S. The first-order chi connectivity index (χ1) is 8.53. The fraction of sp³-hybridized carbons (Fsp3) is 0.667. The predicted molar refractivity (Wildman–Crippen MR) is 66.4 cm³/mol. The van der Waals surface area contributed by atoms with E-state index in [9.17, 15) is 8.42 Å². The normalized spacial score (nSPS) is 25.2. The first kappa shape index (κ1) is 13.6. The van der Waals surface area contributed by atoms with Gasteiger partial charge in [-0.3, -0.25) is 0 Å². The van der Waals surface area contributed by atoms with Crippen LogP contribution in [0.15, 0.2) is 21.6 Å². The van der Waals surface area contributed by atoms with E-state index in [-0.39, 0.29) is 23.5 Å². The van der Waals surface area contributed by atoms with Gasteiger partial charge in [0.15, 0.2) is 0 Å². The molecule has 0 aliphatic heterocycles. The van der Waals surface area contributed by atoms with Crippen LogP contribution in [0.4, 0.5) is 0 Å². The number of hydrogen-bond acceptors (Lipinski definition) is 4. The van der Waals surface area contributed by atoms with E-state index in [1.807, 2.05) is 0 Å². The second-order valence-electron chi connectivity index (χ2n) is 4.87. The zero-order valence-electron chi connectivity index (χ0n) is 10.4. The highest BCUT2D eigenvalue weighted by molar-refractivity contribution is 7.89. The smallest absolute Gasteiger partial charge is 0.274 e. The van der Waals surface area contributed by atoms with Gasteiger partial charge in [-0.15, -0.1) is 0 Å². The van der Waals surface area contributed by atoms with Crippen molar-refractivity contribution < 1.29 is 17.9 Å². The molecule has 1 aliphatic rings. The molecule has 2 atom stereocenters. The largest absolute Gasteiger partial charge is 0.446 e. The third kappa shape index (κ3) is 2.93. The molecule has 2 unspecified atom stereocenters. The zero-order valence-corrected chi connectivity index (χ0v) is 11.2. The molecule has 1 heterocycles. The lowest BCUT2D eigenvalue weighted by Crippen LogP contribution is -2.40. The van der Waals surface area contributed by atoms with E-state index in [1.165, 1.54) is 12.1 Å². The van der Waals surface area contributed by atoms with Crippen molar-refractivity contribution in [3.8, 4) is 0 Å². The molecule has 102 valence electrons. The van der Waals surface area contributed by atoms with Gasteiger partial charge in [-0.25, -0.2) is 13.1 Å². The summed E-state index contributed by atoms with van der Waals surface area (Å²) in [6.07, 6.45) is 4.13. The molecule has 1 aromatic rings. The molecule has 0 radical (unpaired) electrons. The lowest BCUT2D eigenvalue weighted by molar-refractivity contribution is 0.235. The van der Waals surface area contributed by atoms with E-state index in [0.717, 1.165) is 25.7 Å². The van der Waals surface area contributed by atoms with E-state index in [4.69, 9.17) is 9.52 Å². The number of hydrogen-bond donors (Lipinski definition) is 2. The first-order valence-electron chi connectivity index (χ1n) is 6.25. The van der Waals surface area contributed by atoms with Gasteiger partial charge in [-0.05, 0) is 30.9 Å². The zero-order chi connectivity index (χ0) is 13.2. The molecule has 1 fully saturated rings.